The highest BCUT2D eigenvalue weighted by Gasteiger charge is 2.13. The van der Waals surface area contributed by atoms with Crippen molar-refractivity contribution in [3.63, 3.8) is 0 Å². The SMILES string of the molecule is CCCNC(=O)CSc1nnc(SCc2nnc(-c3ccccc3Br)o2)s1. The van der Waals surface area contributed by atoms with Crippen molar-refractivity contribution >= 4 is 56.7 Å². The standard InChI is InChI=1S/C16H16BrN5O2S3/c1-2-7-18-12(23)8-25-15-21-22-16(27-15)26-9-13-19-20-14(24-13)10-5-3-4-6-11(10)17/h3-6H,2,7-9H2,1H3,(H,18,23). The Morgan fingerprint density at radius 3 is 2.74 bits per heavy atom. The topological polar surface area (TPSA) is 93.8 Å². The molecule has 142 valence electrons. The van der Waals surface area contributed by atoms with E-state index in [-0.39, 0.29) is 5.91 Å². The monoisotopic (exact) mass is 485 g/mol. The van der Waals surface area contributed by atoms with Crippen molar-refractivity contribution in [2.24, 2.45) is 0 Å². The highest BCUT2D eigenvalue weighted by atomic mass is 79.9. The number of rotatable bonds is 9. The van der Waals surface area contributed by atoms with Crippen LogP contribution in [-0.2, 0) is 10.5 Å². The molecule has 0 bridgehead atoms. The van der Waals surface area contributed by atoms with E-state index in [2.05, 4.69) is 41.6 Å². The number of aromatic nitrogens is 4. The van der Waals surface area contributed by atoms with Gasteiger partial charge in [0.05, 0.1) is 17.1 Å². The maximum atomic E-state index is 11.6. The van der Waals surface area contributed by atoms with Gasteiger partial charge in [0.2, 0.25) is 17.7 Å². The molecule has 3 rings (SSSR count). The second kappa shape index (κ2) is 10.2. The van der Waals surface area contributed by atoms with Gasteiger partial charge in [0.1, 0.15) is 0 Å². The van der Waals surface area contributed by atoms with Gasteiger partial charge in [0.15, 0.2) is 8.68 Å². The van der Waals surface area contributed by atoms with E-state index in [0.29, 0.717) is 29.8 Å². The lowest BCUT2D eigenvalue weighted by Crippen LogP contribution is -2.25. The zero-order valence-corrected chi connectivity index (χ0v) is 18.4. The first-order chi connectivity index (χ1) is 13.2. The Hall–Kier alpha value is -1.43. The van der Waals surface area contributed by atoms with Gasteiger partial charge in [0, 0.05) is 11.0 Å². The Morgan fingerprint density at radius 2 is 1.96 bits per heavy atom. The van der Waals surface area contributed by atoms with Crippen LogP contribution in [0, 0.1) is 0 Å². The quantitative estimate of drug-likeness (QED) is 0.449. The highest BCUT2D eigenvalue weighted by molar-refractivity contribution is 9.10. The maximum absolute atomic E-state index is 11.6. The summed E-state index contributed by atoms with van der Waals surface area (Å²) in [6.45, 7) is 2.72. The van der Waals surface area contributed by atoms with E-state index in [9.17, 15) is 4.79 Å². The maximum Gasteiger partial charge on any atom is 0.248 e. The number of carbonyl (C=O) groups excluding carboxylic acids is 1. The Balaban J connectivity index is 1.50. The van der Waals surface area contributed by atoms with E-state index >= 15 is 0 Å². The number of nitrogens with zero attached hydrogens (tertiary/aromatic N) is 4. The molecule has 0 saturated carbocycles. The smallest absolute Gasteiger partial charge is 0.248 e. The number of halogens is 1. The normalized spacial score (nSPS) is 10.9. The minimum absolute atomic E-state index is 0.0108. The molecule has 0 fully saturated rings. The van der Waals surface area contributed by atoms with Crippen molar-refractivity contribution in [2.45, 2.75) is 27.8 Å². The van der Waals surface area contributed by atoms with E-state index in [0.717, 1.165) is 25.1 Å². The molecule has 0 aliphatic rings. The lowest BCUT2D eigenvalue weighted by molar-refractivity contribution is -0.118. The average Bonchev–Trinajstić information content (AvgIpc) is 3.33. The van der Waals surface area contributed by atoms with Crippen LogP contribution in [0.3, 0.4) is 0 Å². The number of amides is 1. The van der Waals surface area contributed by atoms with Crippen molar-refractivity contribution in [3.05, 3.63) is 34.6 Å². The second-order valence-electron chi connectivity index (χ2n) is 5.24. The van der Waals surface area contributed by atoms with Crippen molar-refractivity contribution in [3.8, 4) is 11.5 Å². The molecule has 2 heterocycles. The van der Waals surface area contributed by atoms with Crippen LogP contribution in [0.4, 0.5) is 0 Å². The van der Waals surface area contributed by atoms with E-state index in [1.54, 1.807) is 0 Å². The molecule has 11 heteroatoms. The molecule has 3 aromatic rings. The molecule has 0 aliphatic carbocycles. The van der Waals surface area contributed by atoms with Gasteiger partial charge >= 0.3 is 0 Å². The van der Waals surface area contributed by atoms with Gasteiger partial charge in [-0.25, -0.2) is 0 Å². The summed E-state index contributed by atoms with van der Waals surface area (Å²) >= 11 is 7.79. The molecule has 2 aromatic heterocycles. The van der Waals surface area contributed by atoms with E-state index in [1.165, 1.54) is 34.9 Å². The van der Waals surface area contributed by atoms with Crippen molar-refractivity contribution < 1.29 is 9.21 Å². The fourth-order valence-electron chi connectivity index (χ4n) is 1.94. The summed E-state index contributed by atoms with van der Waals surface area (Å²) in [5.74, 6) is 1.86. The summed E-state index contributed by atoms with van der Waals surface area (Å²) in [6, 6.07) is 7.69. The number of benzene rings is 1. The number of carbonyl (C=O) groups is 1. The zero-order chi connectivity index (χ0) is 19.1. The third-order valence-corrected chi connectivity index (χ3v) is 7.04. The largest absolute Gasteiger partial charge is 0.420 e. The summed E-state index contributed by atoms with van der Waals surface area (Å²) < 4.78 is 8.19. The fraction of sp³-hybridized carbons (Fsp3) is 0.312. The Bertz CT molecular complexity index is 902. The molecule has 1 aromatic carbocycles. The fourth-order valence-corrected chi connectivity index (χ4v) is 5.08. The van der Waals surface area contributed by atoms with Gasteiger partial charge in [-0.1, -0.05) is 53.9 Å². The van der Waals surface area contributed by atoms with Crippen LogP contribution >= 0.6 is 50.8 Å². The lowest BCUT2D eigenvalue weighted by Gasteiger charge is -2.00. The minimum Gasteiger partial charge on any atom is -0.420 e. The summed E-state index contributed by atoms with van der Waals surface area (Å²) in [6.07, 6.45) is 0.925. The van der Waals surface area contributed by atoms with Crippen LogP contribution in [-0.4, -0.2) is 38.6 Å². The Morgan fingerprint density at radius 1 is 1.19 bits per heavy atom. The van der Waals surface area contributed by atoms with Crippen molar-refractivity contribution in [1.29, 1.82) is 0 Å². The van der Waals surface area contributed by atoms with Gasteiger partial charge in [-0.3, -0.25) is 4.79 Å². The van der Waals surface area contributed by atoms with Crippen LogP contribution in [0.1, 0.15) is 19.2 Å². The summed E-state index contributed by atoms with van der Waals surface area (Å²) in [4.78, 5) is 11.6. The number of nitrogens with one attached hydrogen (secondary N) is 1. The van der Waals surface area contributed by atoms with E-state index in [1.807, 2.05) is 31.2 Å². The number of hydrogen-bond donors (Lipinski definition) is 1. The van der Waals surface area contributed by atoms with Gasteiger partial charge in [-0.15, -0.1) is 20.4 Å². The molecule has 0 spiro atoms. The second-order valence-corrected chi connectivity index (χ2v) is 9.52. The highest BCUT2D eigenvalue weighted by Crippen LogP contribution is 2.32. The van der Waals surface area contributed by atoms with Gasteiger partial charge in [-0.05, 0) is 34.5 Å². The Kier molecular flexibility index (Phi) is 7.68. The molecular formula is C16H16BrN5O2S3. The number of hydrogen-bond acceptors (Lipinski definition) is 9. The summed E-state index contributed by atoms with van der Waals surface area (Å²) in [5, 5.41) is 19.3. The van der Waals surface area contributed by atoms with Crippen LogP contribution < -0.4 is 5.32 Å². The van der Waals surface area contributed by atoms with Gasteiger partial charge in [-0.2, -0.15) is 0 Å². The third-order valence-electron chi connectivity index (χ3n) is 3.18. The first-order valence-electron chi connectivity index (χ1n) is 8.08. The molecule has 0 atom stereocenters. The molecule has 7 nitrogen and oxygen atoms in total. The molecule has 0 radical (unpaired) electrons. The molecule has 0 saturated heterocycles. The van der Waals surface area contributed by atoms with Crippen LogP contribution in [0.15, 0.2) is 41.8 Å². The first-order valence-corrected chi connectivity index (χ1v) is 11.7. The molecule has 1 N–H and O–H groups in total. The minimum atomic E-state index is 0.0108. The predicted octanol–water partition coefficient (Wildman–Crippen LogP) is 4.26. The average molecular weight is 486 g/mol. The molecule has 0 aliphatic heterocycles. The van der Waals surface area contributed by atoms with Crippen LogP contribution in [0.25, 0.3) is 11.5 Å². The van der Waals surface area contributed by atoms with Gasteiger partial charge in [0.25, 0.3) is 0 Å². The van der Waals surface area contributed by atoms with E-state index < -0.39 is 0 Å². The third kappa shape index (κ3) is 6.03. The zero-order valence-electron chi connectivity index (χ0n) is 14.3. The van der Waals surface area contributed by atoms with Crippen molar-refractivity contribution in [2.75, 3.05) is 12.3 Å². The Labute approximate surface area is 177 Å². The van der Waals surface area contributed by atoms with Gasteiger partial charge < -0.3 is 9.73 Å². The molecular weight excluding hydrogens is 470 g/mol. The summed E-state index contributed by atoms with van der Waals surface area (Å²) in [7, 11) is 0. The van der Waals surface area contributed by atoms with Crippen LogP contribution in [0.5, 0.6) is 0 Å². The summed E-state index contributed by atoms with van der Waals surface area (Å²) in [5.41, 5.74) is 0.859. The molecule has 27 heavy (non-hydrogen) atoms. The first kappa shape index (κ1) is 20.3. The molecule has 1 amide bonds. The van der Waals surface area contributed by atoms with Crippen molar-refractivity contribution in [1.82, 2.24) is 25.7 Å². The number of thioether (sulfide) groups is 2. The molecule has 0 unspecified atom stereocenters. The predicted molar refractivity (Wildman–Crippen MR) is 111 cm³/mol. The van der Waals surface area contributed by atoms with E-state index in [4.69, 9.17) is 4.42 Å². The van der Waals surface area contributed by atoms with Crippen LogP contribution in [0.2, 0.25) is 0 Å². The lowest BCUT2D eigenvalue weighted by atomic mass is 10.2.